The van der Waals surface area contributed by atoms with Crippen LogP contribution in [-0.4, -0.2) is 26.6 Å². The first-order valence-electron chi connectivity index (χ1n) is 5.75. The van der Waals surface area contributed by atoms with Crippen LogP contribution in [0.4, 0.5) is 5.13 Å². The summed E-state index contributed by atoms with van der Waals surface area (Å²) in [5.41, 5.74) is 0. The highest BCUT2D eigenvalue weighted by atomic mass is 32.2. The third-order valence-electron chi connectivity index (χ3n) is 2.43. The van der Waals surface area contributed by atoms with Crippen LogP contribution in [0.1, 0.15) is 4.88 Å². The lowest BCUT2D eigenvalue weighted by Crippen LogP contribution is -2.13. The van der Waals surface area contributed by atoms with Crippen molar-refractivity contribution in [3.8, 4) is 0 Å². The SMILES string of the molecule is Cc1cc2c(SCC(=O)Nc3nccs3)ncnc2s1. The van der Waals surface area contributed by atoms with Gasteiger partial charge in [0.1, 0.15) is 16.2 Å². The molecule has 0 aliphatic rings. The molecule has 0 fully saturated rings. The van der Waals surface area contributed by atoms with E-state index in [2.05, 4.69) is 26.3 Å². The molecule has 3 heterocycles. The molecule has 102 valence electrons. The molecule has 20 heavy (non-hydrogen) atoms. The predicted molar refractivity (Wildman–Crippen MR) is 83.6 cm³/mol. The summed E-state index contributed by atoms with van der Waals surface area (Å²) in [6.45, 7) is 2.04. The second-order valence-corrected chi connectivity index (χ2v) is 7.02. The fourth-order valence-corrected chi connectivity index (χ4v) is 3.87. The van der Waals surface area contributed by atoms with Crippen LogP contribution >= 0.6 is 34.4 Å². The minimum Gasteiger partial charge on any atom is -0.301 e. The van der Waals surface area contributed by atoms with Gasteiger partial charge in [-0.15, -0.1) is 22.7 Å². The smallest absolute Gasteiger partial charge is 0.236 e. The van der Waals surface area contributed by atoms with E-state index in [9.17, 15) is 4.79 Å². The number of amides is 1. The van der Waals surface area contributed by atoms with Crippen molar-refractivity contribution in [2.24, 2.45) is 0 Å². The zero-order valence-electron chi connectivity index (χ0n) is 10.5. The van der Waals surface area contributed by atoms with Crippen LogP contribution in [-0.2, 0) is 4.79 Å². The van der Waals surface area contributed by atoms with Crippen molar-refractivity contribution in [3.63, 3.8) is 0 Å². The Kier molecular flexibility index (Phi) is 3.95. The van der Waals surface area contributed by atoms with Gasteiger partial charge < -0.3 is 5.32 Å². The summed E-state index contributed by atoms with van der Waals surface area (Å²) in [6, 6.07) is 2.06. The number of hydrogen-bond donors (Lipinski definition) is 1. The molecule has 0 saturated carbocycles. The first-order chi connectivity index (χ1) is 9.72. The summed E-state index contributed by atoms with van der Waals surface area (Å²) in [4.78, 5) is 26.5. The van der Waals surface area contributed by atoms with E-state index >= 15 is 0 Å². The van der Waals surface area contributed by atoms with Gasteiger partial charge >= 0.3 is 0 Å². The third kappa shape index (κ3) is 2.97. The lowest BCUT2D eigenvalue weighted by atomic mass is 10.4. The van der Waals surface area contributed by atoms with Gasteiger partial charge in [-0.05, 0) is 13.0 Å². The van der Waals surface area contributed by atoms with Gasteiger partial charge in [0.05, 0.1) is 5.75 Å². The Morgan fingerprint density at radius 2 is 2.30 bits per heavy atom. The molecule has 3 aromatic rings. The molecule has 0 spiro atoms. The number of anilines is 1. The Morgan fingerprint density at radius 3 is 3.10 bits per heavy atom. The number of hydrogen-bond acceptors (Lipinski definition) is 7. The second-order valence-electron chi connectivity index (χ2n) is 3.93. The molecule has 1 N–H and O–H groups in total. The number of aryl methyl sites for hydroxylation is 1. The highest BCUT2D eigenvalue weighted by Gasteiger charge is 2.10. The zero-order valence-corrected chi connectivity index (χ0v) is 12.9. The maximum atomic E-state index is 11.8. The summed E-state index contributed by atoms with van der Waals surface area (Å²) in [5, 5.41) is 7.05. The molecule has 0 atom stereocenters. The molecule has 3 rings (SSSR count). The van der Waals surface area contributed by atoms with E-state index in [4.69, 9.17) is 0 Å². The average molecular weight is 322 g/mol. The standard InChI is InChI=1S/C12H10N4OS3/c1-7-4-8-10(14-6-15-11(8)20-7)19-5-9(17)16-12-13-2-3-18-12/h2-4,6H,5H2,1H3,(H,13,16,17). The van der Waals surface area contributed by atoms with Crippen molar-refractivity contribution in [2.45, 2.75) is 11.9 Å². The molecule has 0 aliphatic carbocycles. The zero-order chi connectivity index (χ0) is 13.9. The van der Waals surface area contributed by atoms with Crippen molar-refractivity contribution in [3.05, 3.63) is 28.8 Å². The van der Waals surface area contributed by atoms with E-state index in [-0.39, 0.29) is 5.91 Å². The topological polar surface area (TPSA) is 67.8 Å². The number of thiophene rings is 1. The van der Waals surface area contributed by atoms with Gasteiger partial charge in [-0.25, -0.2) is 15.0 Å². The Labute approximate surface area is 127 Å². The molecule has 0 aromatic carbocycles. The summed E-state index contributed by atoms with van der Waals surface area (Å²) in [5.74, 6) is 0.226. The molecule has 8 heteroatoms. The fraction of sp³-hybridized carbons (Fsp3) is 0.167. The van der Waals surface area contributed by atoms with Crippen LogP contribution in [0.5, 0.6) is 0 Å². The Hall–Kier alpha value is -1.51. The number of thioether (sulfide) groups is 1. The Balaban J connectivity index is 1.69. The summed E-state index contributed by atoms with van der Waals surface area (Å²) in [7, 11) is 0. The minimum absolute atomic E-state index is 0.0799. The van der Waals surface area contributed by atoms with Crippen molar-refractivity contribution in [1.82, 2.24) is 15.0 Å². The quantitative estimate of drug-likeness (QED) is 0.590. The van der Waals surface area contributed by atoms with Gasteiger partial charge in [0, 0.05) is 21.8 Å². The number of nitrogens with one attached hydrogen (secondary N) is 1. The normalized spacial score (nSPS) is 10.8. The average Bonchev–Trinajstić information content (AvgIpc) is 3.04. The van der Waals surface area contributed by atoms with Gasteiger partial charge in [0.2, 0.25) is 5.91 Å². The lowest BCUT2D eigenvalue weighted by Gasteiger charge is -2.02. The maximum absolute atomic E-state index is 11.8. The van der Waals surface area contributed by atoms with Crippen LogP contribution in [0.25, 0.3) is 10.2 Å². The van der Waals surface area contributed by atoms with E-state index in [1.54, 1.807) is 23.9 Å². The number of carbonyl (C=O) groups excluding carboxylic acids is 1. The van der Waals surface area contributed by atoms with Gasteiger partial charge in [-0.3, -0.25) is 4.79 Å². The number of carbonyl (C=O) groups is 1. The molecule has 0 radical (unpaired) electrons. The maximum Gasteiger partial charge on any atom is 0.236 e. The van der Waals surface area contributed by atoms with E-state index in [0.29, 0.717) is 10.9 Å². The summed E-state index contributed by atoms with van der Waals surface area (Å²) < 4.78 is 0. The van der Waals surface area contributed by atoms with Gasteiger partial charge in [-0.1, -0.05) is 11.8 Å². The molecular weight excluding hydrogens is 312 g/mol. The van der Waals surface area contributed by atoms with Crippen molar-refractivity contribution >= 4 is 55.7 Å². The third-order valence-corrected chi connectivity index (χ3v) is 5.09. The molecule has 5 nitrogen and oxygen atoms in total. The molecule has 0 aliphatic heterocycles. The highest BCUT2D eigenvalue weighted by Crippen LogP contribution is 2.30. The molecule has 0 bridgehead atoms. The van der Waals surface area contributed by atoms with Crippen molar-refractivity contribution in [1.29, 1.82) is 0 Å². The molecular formula is C12H10N4OS3. The summed E-state index contributed by atoms with van der Waals surface area (Å²) >= 11 is 4.45. The van der Waals surface area contributed by atoms with E-state index < -0.39 is 0 Å². The fourth-order valence-electron chi connectivity index (χ4n) is 1.64. The van der Waals surface area contributed by atoms with Gasteiger partial charge in [0.15, 0.2) is 5.13 Å². The largest absolute Gasteiger partial charge is 0.301 e. The van der Waals surface area contributed by atoms with Crippen molar-refractivity contribution < 1.29 is 4.79 Å². The first-order valence-corrected chi connectivity index (χ1v) is 8.44. The number of fused-ring (bicyclic) bond motifs is 1. The second kappa shape index (κ2) is 5.86. The Morgan fingerprint density at radius 1 is 1.40 bits per heavy atom. The number of aromatic nitrogens is 3. The molecule has 1 amide bonds. The van der Waals surface area contributed by atoms with Crippen LogP contribution in [0.2, 0.25) is 0 Å². The number of nitrogens with zero attached hydrogens (tertiary/aromatic N) is 3. The van der Waals surface area contributed by atoms with Crippen LogP contribution < -0.4 is 5.32 Å². The first kappa shape index (κ1) is 13.5. The Bertz CT molecular complexity index is 738. The lowest BCUT2D eigenvalue weighted by molar-refractivity contribution is -0.113. The molecule has 3 aromatic heterocycles. The van der Waals surface area contributed by atoms with E-state index in [0.717, 1.165) is 15.2 Å². The van der Waals surface area contributed by atoms with Crippen LogP contribution in [0.15, 0.2) is 29.0 Å². The predicted octanol–water partition coefficient (Wildman–Crippen LogP) is 3.19. The number of rotatable bonds is 4. The van der Waals surface area contributed by atoms with Crippen LogP contribution in [0.3, 0.4) is 0 Å². The molecule has 0 unspecified atom stereocenters. The minimum atomic E-state index is -0.0799. The van der Waals surface area contributed by atoms with E-state index in [1.165, 1.54) is 28.0 Å². The highest BCUT2D eigenvalue weighted by molar-refractivity contribution is 8.00. The van der Waals surface area contributed by atoms with Crippen molar-refractivity contribution in [2.75, 3.05) is 11.1 Å². The van der Waals surface area contributed by atoms with Crippen LogP contribution in [0, 0.1) is 6.92 Å². The number of thiazole rings is 1. The van der Waals surface area contributed by atoms with Gasteiger partial charge in [-0.2, -0.15) is 0 Å². The molecule has 0 saturated heterocycles. The van der Waals surface area contributed by atoms with Gasteiger partial charge in [0.25, 0.3) is 0 Å². The summed E-state index contributed by atoms with van der Waals surface area (Å²) in [6.07, 6.45) is 3.20. The monoisotopic (exact) mass is 322 g/mol. The van der Waals surface area contributed by atoms with E-state index in [1.807, 2.05) is 12.3 Å².